The smallest absolute Gasteiger partial charge is 0.428 e. The molecule has 4 amide bonds. The normalized spacial score (nSPS) is 15.6. The Labute approximate surface area is 176 Å². The van der Waals surface area contributed by atoms with Crippen LogP contribution >= 0.6 is 0 Å². The Morgan fingerprint density at radius 2 is 1.48 bits per heavy atom. The van der Waals surface area contributed by atoms with Gasteiger partial charge in [-0.1, -0.05) is 17.2 Å². The molecule has 0 bridgehead atoms. The van der Waals surface area contributed by atoms with Gasteiger partial charge in [-0.05, 0) is 30.5 Å². The highest BCUT2D eigenvalue weighted by Gasteiger charge is 2.33. The van der Waals surface area contributed by atoms with E-state index in [9.17, 15) is 28.8 Å². The molecule has 2 heterocycles. The van der Waals surface area contributed by atoms with Gasteiger partial charge in [0.2, 0.25) is 6.79 Å². The van der Waals surface area contributed by atoms with E-state index in [0.29, 0.717) is 23.6 Å². The Balaban J connectivity index is 1.32. The van der Waals surface area contributed by atoms with Gasteiger partial charge in [0.25, 0.3) is 23.6 Å². The molecule has 11 heteroatoms. The van der Waals surface area contributed by atoms with Crippen LogP contribution in [0.2, 0.25) is 0 Å². The van der Waals surface area contributed by atoms with Gasteiger partial charge in [0.15, 0.2) is 0 Å². The average molecular weight is 430 g/mol. The molecule has 2 aliphatic rings. The van der Waals surface area contributed by atoms with Crippen molar-refractivity contribution in [1.82, 2.24) is 5.06 Å². The maximum absolute atomic E-state index is 11.7. The summed E-state index contributed by atoms with van der Waals surface area (Å²) in [6.07, 6.45) is 2.02. The number of hydroxylamine groups is 2. The molecule has 1 aromatic carbocycles. The Hall–Kier alpha value is -4.02. The number of amides is 4. The highest BCUT2D eigenvalue weighted by atomic mass is 16.9. The van der Waals surface area contributed by atoms with Crippen LogP contribution in [0.4, 0.5) is 10.5 Å². The quantitative estimate of drug-likeness (QED) is 0.338. The van der Waals surface area contributed by atoms with Crippen molar-refractivity contribution in [3.05, 3.63) is 42.0 Å². The van der Waals surface area contributed by atoms with E-state index < -0.39 is 42.5 Å². The van der Waals surface area contributed by atoms with Crippen LogP contribution in [0.15, 0.2) is 36.4 Å². The van der Waals surface area contributed by atoms with E-state index in [0.717, 1.165) is 10.5 Å². The van der Waals surface area contributed by atoms with Crippen LogP contribution in [0.1, 0.15) is 31.2 Å². The Morgan fingerprint density at radius 1 is 0.871 bits per heavy atom. The third kappa shape index (κ3) is 5.53. The largest absolute Gasteiger partial charge is 0.536 e. The number of hydrogen-bond donors (Lipinski definition) is 0. The number of ether oxygens (including phenoxy) is 2. The van der Waals surface area contributed by atoms with E-state index in [1.165, 1.54) is 12.2 Å². The van der Waals surface area contributed by atoms with Gasteiger partial charge < -0.3 is 9.47 Å². The molecule has 0 aromatic heterocycles. The second kappa shape index (κ2) is 9.65. The number of hydrogen-bond acceptors (Lipinski definition) is 9. The molecule has 3 rings (SSSR count). The van der Waals surface area contributed by atoms with Crippen LogP contribution < -0.4 is 4.90 Å². The van der Waals surface area contributed by atoms with E-state index in [1.54, 1.807) is 24.3 Å². The lowest BCUT2D eigenvalue weighted by Crippen LogP contribution is -2.32. The van der Waals surface area contributed by atoms with Crippen molar-refractivity contribution < 1.29 is 43.1 Å². The summed E-state index contributed by atoms with van der Waals surface area (Å²) in [6, 6.07) is 6.79. The fourth-order valence-corrected chi connectivity index (χ4v) is 2.88. The molecular formula is C20H18N2O9. The fourth-order valence-electron chi connectivity index (χ4n) is 2.88. The summed E-state index contributed by atoms with van der Waals surface area (Å²) >= 11 is 0. The third-order valence-corrected chi connectivity index (χ3v) is 4.42. The minimum Gasteiger partial charge on any atom is -0.428 e. The van der Waals surface area contributed by atoms with Gasteiger partial charge in [0.05, 0.1) is 5.69 Å². The van der Waals surface area contributed by atoms with Crippen molar-refractivity contribution >= 4 is 41.4 Å². The van der Waals surface area contributed by atoms with Crippen molar-refractivity contribution in [2.45, 2.75) is 32.1 Å². The van der Waals surface area contributed by atoms with Gasteiger partial charge in [-0.15, -0.1) is 0 Å². The minimum absolute atomic E-state index is 0.0461. The predicted molar refractivity (Wildman–Crippen MR) is 101 cm³/mol. The Morgan fingerprint density at radius 3 is 2.10 bits per heavy atom. The number of rotatable bonds is 8. The minimum atomic E-state index is -1.33. The molecule has 0 unspecified atom stereocenters. The number of carbonyl (C=O) groups excluding carboxylic acids is 6. The summed E-state index contributed by atoms with van der Waals surface area (Å²) in [5, 5.41) is 0.321. The monoisotopic (exact) mass is 430 g/mol. The second-order valence-corrected chi connectivity index (χ2v) is 6.57. The van der Waals surface area contributed by atoms with E-state index in [1.807, 2.05) is 0 Å². The molecular weight excluding hydrogens is 412 g/mol. The molecule has 0 radical (unpaired) electrons. The van der Waals surface area contributed by atoms with Crippen molar-refractivity contribution in [1.29, 1.82) is 0 Å². The first-order chi connectivity index (χ1) is 14.8. The number of anilines is 1. The number of imide groups is 2. The van der Waals surface area contributed by atoms with Crippen molar-refractivity contribution in [2.24, 2.45) is 0 Å². The number of nitrogens with zero attached hydrogens (tertiary/aromatic N) is 2. The fraction of sp³-hybridized carbons (Fsp3) is 0.300. The maximum Gasteiger partial charge on any atom is 0.536 e. The summed E-state index contributed by atoms with van der Waals surface area (Å²) in [7, 11) is 0. The highest BCUT2D eigenvalue weighted by molar-refractivity contribution is 6.28. The van der Waals surface area contributed by atoms with Gasteiger partial charge in [-0.2, -0.15) is 0 Å². The molecule has 0 saturated carbocycles. The molecule has 1 saturated heterocycles. The lowest BCUT2D eigenvalue weighted by Gasteiger charge is -2.14. The zero-order valence-corrected chi connectivity index (χ0v) is 16.3. The van der Waals surface area contributed by atoms with Crippen LogP contribution in [-0.4, -0.2) is 47.6 Å². The SMILES string of the molecule is O=C(CCCc1ccc(N2C(=O)C=CC2=O)cc1)OCOC(=O)ON1C(=O)CCC1=O. The topological polar surface area (TPSA) is 137 Å². The molecule has 2 aliphatic heterocycles. The lowest BCUT2D eigenvalue weighted by molar-refractivity contribution is -0.182. The molecule has 0 spiro atoms. The first kappa shape index (κ1) is 21.7. The molecule has 162 valence electrons. The second-order valence-electron chi connectivity index (χ2n) is 6.57. The van der Waals surface area contributed by atoms with Crippen molar-refractivity contribution in [3.63, 3.8) is 0 Å². The molecule has 31 heavy (non-hydrogen) atoms. The summed E-state index contributed by atoms with van der Waals surface area (Å²) < 4.78 is 9.24. The number of esters is 1. The van der Waals surface area contributed by atoms with Crippen LogP contribution in [0.3, 0.4) is 0 Å². The molecule has 1 fully saturated rings. The number of aryl methyl sites for hydroxylation is 1. The Kier molecular flexibility index (Phi) is 6.75. The summed E-state index contributed by atoms with van der Waals surface area (Å²) in [5.41, 5.74) is 1.35. The summed E-state index contributed by atoms with van der Waals surface area (Å²) in [5.74, 6) is -2.71. The molecule has 0 atom stereocenters. The molecule has 0 aliphatic carbocycles. The van der Waals surface area contributed by atoms with Gasteiger partial charge in [-0.25, -0.2) is 9.69 Å². The highest BCUT2D eigenvalue weighted by Crippen LogP contribution is 2.20. The van der Waals surface area contributed by atoms with Crippen molar-refractivity contribution in [3.8, 4) is 0 Å². The molecule has 1 aromatic rings. The summed E-state index contributed by atoms with van der Waals surface area (Å²) in [4.78, 5) is 74.5. The van der Waals surface area contributed by atoms with Crippen molar-refractivity contribution in [2.75, 3.05) is 11.7 Å². The predicted octanol–water partition coefficient (Wildman–Crippen LogP) is 1.16. The van der Waals surface area contributed by atoms with E-state index in [4.69, 9.17) is 4.74 Å². The number of benzene rings is 1. The van der Waals surface area contributed by atoms with Gasteiger partial charge >= 0.3 is 12.1 Å². The van der Waals surface area contributed by atoms with Gasteiger partial charge in [0, 0.05) is 31.4 Å². The van der Waals surface area contributed by atoms with Gasteiger partial charge in [-0.3, -0.25) is 28.8 Å². The number of carbonyl (C=O) groups is 6. The molecule has 0 N–H and O–H groups in total. The Bertz CT molecular complexity index is 918. The zero-order valence-electron chi connectivity index (χ0n) is 16.3. The standard InChI is InChI=1S/C20H18N2O9/c23-15-8-9-16(24)21(15)14-6-4-13(5-7-14)2-1-3-19(27)29-12-30-20(28)31-22-17(25)10-11-18(22)26/h4-9H,1-3,10-12H2. The van der Waals surface area contributed by atoms with E-state index >= 15 is 0 Å². The zero-order chi connectivity index (χ0) is 22.4. The first-order valence-corrected chi connectivity index (χ1v) is 9.36. The maximum atomic E-state index is 11.7. The average Bonchev–Trinajstić information content (AvgIpc) is 3.24. The van der Waals surface area contributed by atoms with Crippen LogP contribution in [0.5, 0.6) is 0 Å². The summed E-state index contributed by atoms with van der Waals surface area (Å²) in [6.45, 7) is -0.714. The van der Waals surface area contributed by atoms with Crippen LogP contribution in [-0.2, 0) is 44.7 Å². The third-order valence-electron chi connectivity index (χ3n) is 4.42. The van der Waals surface area contributed by atoms with E-state index in [-0.39, 0.29) is 19.3 Å². The van der Waals surface area contributed by atoms with E-state index in [2.05, 4.69) is 9.57 Å². The lowest BCUT2D eigenvalue weighted by atomic mass is 10.1. The first-order valence-electron chi connectivity index (χ1n) is 9.36. The van der Waals surface area contributed by atoms with Gasteiger partial charge in [0.1, 0.15) is 0 Å². The molecule has 11 nitrogen and oxygen atoms in total. The van der Waals surface area contributed by atoms with Crippen LogP contribution in [0.25, 0.3) is 0 Å². The van der Waals surface area contributed by atoms with Crippen LogP contribution in [0, 0.1) is 0 Å².